The van der Waals surface area contributed by atoms with Crippen LogP contribution in [0.5, 0.6) is 5.75 Å². The molecule has 0 saturated heterocycles. The summed E-state index contributed by atoms with van der Waals surface area (Å²) in [5.41, 5.74) is 2.05. The van der Waals surface area contributed by atoms with Crippen molar-refractivity contribution in [3.05, 3.63) is 48.0 Å². The van der Waals surface area contributed by atoms with Gasteiger partial charge in [-0.2, -0.15) is 8.42 Å². The Morgan fingerprint density at radius 3 is 2.50 bits per heavy atom. The molecule has 1 heterocycles. The molecule has 7 nitrogen and oxygen atoms in total. The average Bonchev–Trinajstić information content (AvgIpc) is 3.05. The number of ether oxygens (including phenoxy) is 1. The van der Waals surface area contributed by atoms with E-state index in [2.05, 4.69) is 14.9 Å². The largest absolute Gasteiger partial charge is 0.497 e. The third-order valence-corrected chi connectivity index (χ3v) is 4.18. The standard InChI is InChI=1S/C16H23N3O4S/c1-13(11-23-24(3,20)21)19(10-15-8-17-12-18-15)9-14-4-6-16(22-2)7-5-14/h4-8,12-13H,9-11H2,1-3H3,(H,17,18). The number of methoxy groups -OCH3 is 1. The van der Waals surface area contributed by atoms with Crippen LogP contribution in [-0.4, -0.2) is 49.3 Å². The Balaban J connectivity index is 2.08. The van der Waals surface area contributed by atoms with Crippen LogP contribution >= 0.6 is 0 Å². The Labute approximate surface area is 142 Å². The molecule has 0 saturated carbocycles. The maximum Gasteiger partial charge on any atom is 0.264 e. The highest BCUT2D eigenvalue weighted by Crippen LogP contribution is 2.16. The Hall–Kier alpha value is -1.90. The van der Waals surface area contributed by atoms with Crippen LogP contribution in [0.25, 0.3) is 0 Å². The number of aromatic nitrogens is 2. The molecule has 1 aromatic heterocycles. The molecule has 0 fully saturated rings. The first kappa shape index (κ1) is 18.4. The van der Waals surface area contributed by atoms with Crippen molar-refractivity contribution in [2.24, 2.45) is 0 Å². The molecule has 0 bridgehead atoms. The van der Waals surface area contributed by atoms with Gasteiger partial charge in [0.2, 0.25) is 0 Å². The van der Waals surface area contributed by atoms with Gasteiger partial charge in [-0.3, -0.25) is 9.08 Å². The number of H-pyrrole nitrogens is 1. The number of aromatic amines is 1. The molecule has 24 heavy (non-hydrogen) atoms. The van der Waals surface area contributed by atoms with E-state index in [9.17, 15) is 8.42 Å². The predicted octanol–water partition coefficient (Wildman–Crippen LogP) is 1.79. The minimum Gasteiger partial charge on any atom is -0.497 e. The average molecular weight is 353 g/mol. The van der Waals surface area contributed by atoms with Gasteiger partial charge in [0.05, 0.1) is 26.3 Å². The number of imidazole rings is 1. The molecule has 1 unspecified atom stereocenters. The second kappa shape index (κ2) is 8.27. The summed E-state index contributed by atoms with van der Waals surface area (Å²) in [5, 5.41) is 0. The smallest absolute Gasteiger partial charge is 0.264 e. The molecule has 1 N–H and O–H groups in total. The fourth-order valence-electron chi connectivity index (χ4n) is 2.25. The van der Waals surface area contributed by atoms with Crippen molar-refractivity contribution >= 4 is 10.1 Å². The second-order valence-electron chi connectivity index (χ2n) is 5.67. The van der Waals surface area contributed by atoms with Gasteiger partial charge in [0.1, 0.15) is 5.75 Å². The molecule has 8 heteroatoms. The minimum atomic E-state index is -3.46. The van der Waals surface area contributed by atoms with Crippen molar-refractivity contribution in [2.75, 3.05) is 20.0 Å². The Morgan fingerprint density at radius 1 is 1.25 bits per heavy atom. The van der Waals surface area contributed by atoms with Gasteiger partial charge in [0.25, 0.3) is 10.1 Å². The Bertz CT molecular complexity index is 714. The molecule has 2 aromatic rings. The van der Waals surface area contributed by atoms with Gasteiger partial charge in [-0.1, -0.05) is 12.1 Å². The van der Waals surface area contributed by atoms with E-state index in [1.54, 1.807) is 19.6 Å². The predicted molar refractivity (Wildman–Crippen MR) is 91.1 cm³/mol. The highest BCUT2D eigenvalue weighted by atomic mass is 32.2. The number of rotatable bonds is 9. The fraction of sp³-hybridized carbons (Fsp3) is 0.438. The first-order chi connectivity index (χ1) is 11.4. The van der Waals surface area contributed by atoms with Gasteiger partial charge in [-0.25, -0.2) is 4.98 Å². The van der Waals surface area contributed by atoms with Crippen LogP contribution in [0.3, 0.4) is 0 Å². The van der Waals surface area contributed by atoms with Gasteiger partial charge in [-0.05, 0) is 24.6 Å². The third-order valence-electron chi connectivity index (χ3n) is 3.62. The number of nitrogens with zero attached hydrogens (tertiary/aromatic N) is 2. The van der Waals surface area contributed by atoms with E-state index in [0.29, 0.717) is 13.1 Å². The summed E-state index contributed by atoms with van der Waals surface area (Å²) in [6.45, 7) is 3.30. The number of nitrogens with one attached hydrogen (secondary N) is 1. The monoisotopic (exact) mass is 353 g/mol. The second-order valence-corrected chi connectivity index (χ2v) is 7.31. The summed E-state index contributed by atoms with van der Waals surface area (Å²) < 4.78 is 32.6. The van der Waals surface area contributed by atoms with E-state index in [1.807, 2.05) is 31.2 Å². The number of benzene rings is 1. The summed E-state index contributed by atoms with van der Waals surface area (Å²) in [5.74, 6) is 0.798. The summed E-state index contributed by atoms with van der Waals surface area (Å²) in [7, 11) is -1.83. The maximum absolute atomic E-state index is 11.2. The normalized spacial score (nSPS) is 13.2. The van der Waals surface area contributed by atoms with Gasteiger partial charge in [-0.15, -0.1) is 0 Å². The van der Waals surface area contributed by atoms with Crippen molar-refractivity contribution in [1.82, 2.24) is 14.9 Å². The molecule has 0 radical (unpaired) electrons. The zero-order valence-electron chi connectivity index (χ0n) is 14.1. The van der Waals surface area contributed by atoms with Crippen LogP contribution in [0.2, 0.25) is 0 Å². The molecule has 0 amide bonds. The van der Waals surface area contributed by atoms with Crippen LogP contribution in [0.15, 0.2) is 36.8 Å². The van der Waals surface area contributed by atoms with Crippen molar-refractivity contribution < 1.29 is 17.3 Å². The highest BCUT2D eigenvalue weighted by Gasteiger charge is 2.18. The first-order valence-corrected chi connectivity index (χ1v) is 9.37. The lowest BCUT2D eigenvalue weighted by Gasteiger charge is -2.28. The van der Waals surface area contributed by atoms with Gasteiger partial charge in [0, 0.05) is 31.0 Å². The van der Waals surface area contributed by atoms with Gasteiger partial charge >= 0.3 is 0 Å². The molecule has 1 aromatic carbocycles. The highest BCUT2D eigenvalue weighted by molar-refractivity contribution is 7.85. The quantitative estimate of drug-likeness (QED) is 0.692. The lowest BCUT2D eigenvalue weighted by Crippen LogP contribution is -2.36. The fourth-order valence-corrected chi connectivity index (χ4v) is 2.69. The van der Waals surface area contributed by atoms with Crippen molar-refractivity contribution in [1.29, 1.82) is 0 Å². The molecule has 0 aliphatic carbocycles. The van der Waals surface area contributed by atoms with Crippen LogP contribution in [0, 0.1) is 0 Å². The van der Waals surface area contributed by atoms with Crippen LogP contribution in [0.1, 0.15) is 18.2 Å². The van der Waals surface area contributed by atoms with E-state index in [4.69, 9.17) is 8.92 Å². The van der Waals surface area contributed by atoms with E-state index in [0.717, 1.165) is 23.3 Å². The Morgan fingerprint density at radius 2 is 1.96 bits per heavy atom. The molecule has 1 atom stereocenters. The number of hydrogen-bond donors (Lipinski definition) is 1. The van der Waals surface area contributed by atoms with Crippen LogP contribution < -0.4 is 4.74 Å². The summed E-state index contributed by atoms with van der Waals surface area (Å²) in [4.78, 5) is 9.22. The van der Waals surface area contributed by atoms with Gasteiger partial charge in [0.15, 0.2) is 0 Å². The molecule has 2 rings (SSSR count). The lowest BCUT2D eigenvalue weighted by molar-refractivity contribution is 0.134. The van der Waals surface area contributed by atoms with Gasteiger partial charge < -0.3 is 9.72 Å². The minimum absolute atomic E-state index is 0.0925. The molecule has 0 aliphatic rings. The molecular weight excluding hydrogens is 330 g/mol. The van der Waals surface area contributed by atoms with E-state index >= 15 is 0 Å². The lowest BCUT2D eigenvalue weighted by atomic mass is 10.1. The van der Waals surface area contributed by atoms with E-state index < -0.39 is 10.1 Å². The number of hydrogen-bond acceptors (Lipinski definition) is 6. The van der Waals surface area contributed by atoms with Crippen LogP contribution in [0.4, 0.5) is 0 Å². The molecule has 132 valence electrons. The summed E-state index contributed by atoms with van der Waals surface area (Å²) in [6.07, 6.45) is 4.44. The summed E-state index contributed by atoms with van der Waals surface area (Å²) in [6, 6.07) is 7.69. The van der Waals surface area contributed by atoms with Crippen LogP contribution in [-0.2, 0) is 27.4 Å². The third kappa shape index (κ3) is 5.95. The summed E-state index contributed by atoms with van der Waals surface area (Å²) >= 11 is 0. The molecular formula is C16H23N3O4S. The topological polar surface area (TPSA) is 84.5 Å². The SMILES string of the molecule is COc1ccc(CN(Cc2cnc[nH]2)C(C)COS(C)(=O)=O)cc1. The van der Waals surface area contributed by atoms with Crippen molar-refractivity contribution in [3.63, 3.8) is 0 Å². The zero-order chi connectivity index (χ0) is 17.6. The van der Waals surface area contributed by atoms with E-state index in [1.165, 1.54) is 0 Å². The van der Waals surface area contributed by atoms with E-state index in [-0.39, 0.29) is 12.6 Å². The van der Waals surface area contributed by atoms with Crippen molar-refractivity contribution in [2.45, 2.75) is 26.1 Å². The first-order valence-electron chi connectivity index (χ1n) is 7.56. The zero-order valence-corrected chi connectivity index (χ0v) is 14.9. The Kier molecular flexibility index (Phi) is 6.36. The molecule has 0 aliphatic heterocycles. The van der Waals surface area contributed by atoms with Crippen molar-refractivity contribution in [3.8, 4) is 5.75 Å². The maximum atomic E-state index is 11.2. The molecule has 0 spiro atoms.